The number of benzene rings is 1. The van der Waals surface area contributed by atoms with Crippen molar-refractivity contribution >= 4 is 11.6 Å². The summed E-state index contributed by atoms with van der Waals surface area (Å²) in [4.78, 5) is 25.4. The lowest BCUT2D eigenvalue weighted by atomic mass is 9.69. The molecule has 1 aromatic heterocycles. The van der Waals surface area contributed by atoms with Gasteiger partial charge in [-0.2, -0.15) is 0 Å². The zero-order valence-electron chi connectivity index (χ0n) is 14.9. The summed E-state index contributed by atoms with van der Waals surface area (Å²) >= 11 is 0. The number of aromatic hydroxyl groups is 1. The molecule has 4 rings (SSSR count). The van der Waals surface area contributed by atoms with Crippen LogP contribution in [0.4, 0.5) is 5.82 Å². The molecule has 0 unspecified atom stereocenters. The van der Waals surface area contributed by atoms with Gasteiger partial charge in [0.1, 0.15) is 5.82 Å². The highest BCUT2D eigenvalue weighted by Gasteiger charge is 2.42. The lowest BCUT2D eigenvalue weighted by Gasteiger charge is -2.37. The molecule has 0 saturated heterocycles. The fourth-order valence-corrected chi connectivity index (χ4v) is 4.03. The van der Waals surface area contributed by atoms with Crippen LogP contribution in [0.2, 0.25) is 0 Å². The maximum absolute atomic E-state index is 13.0. The van der Waals surface area contributed by atoms with Gasteiger partial charge in [-0.3, -0.25) is 19.8 Å². The van der Waals surface area contributed by atoms with Crippen LogP contribution in [-0.4, -0.2) is 28.2 Å². The predicted molar refractivity (Wildman–Crippen MR) is 96.6 cm³/mol. The second-order valence-corrected chi connectivity index (χ2v) is 7.69. The Morgan fingerprint density at radius 1 is 1.19 bits per heavy atom. The number of rotatable bonds is 2. The minimum absolute atomic E-state index is 0.0127. The average Bonchev–Trinajstić information content (AvgIpc) is 2.93. The van der Waals surface area contributed by atoms with Crippen LogP contribution in [0.1, 0.15) is 43.7 Å². The van der Waals surface area contributed by atoms with Crippen molar-refractivity contribution in [3.05, 3.63) is 50.9 Å². The normalized spacial score (nSPS) is 21.0. The highest BCUT2D eigenvalue weighted by Crippen LogP contribution is 2.48. The van der Waals surface area contributed by atoms with E-state index >= 15 is 0 Å². The molecule has 7 heteroatoms. The topological polar surface area (TPSA) is 107 Å². The van der Waals surface area contributed by atoms with Gasteiger partial charge in [0.2, 0.25) is 0 Å². The molecule has 0 spiro atoms. The zero-order valence-corrected chi connectivity index (χ0v) is 14.9. The van der Waals surface area contributed by atoms with E-state index in [-0.39, 0.29) is 22.5 Å². The molecule has 1 aliphatic heterocycles. The van der Waals surface area contributed by atoms with Crippen LogP contribution in [0.25, 0.3) is 0 Å². The number of phenols is 1. The largest absolute Gasteiger partial charge is 0.504 e. The first kappa shape index (κ1) is 16.5. The number of nitrogens with one attached hydrogen (secondary N) is 3. The van der Waals surface area contributed by atoms with Gasteiger partial charge >= 0.3 is 0 Å². The molecular formula is C19H21N3O4. The molecule has 0 fully saturated rings. The van der Waals surface area contributed by atoms with Gasteiger partial charge in [-0.05, 0) is 29.5 Å². The van der Waals surface area contributed by atoms with E-state index < -0.39 is 5.92 Å². The summed E-state index contributed by atoms with van der Waals surface area (Å²) < 4.78 is 5.21. The monoisotopic (exact) mass is 355 g/mol. The molecule has 0 bridgehead atoms. The number of fused-ring (bicyclic) bond motifs is 1. The molecule has 1 atom stereocenters. The lowest BCUT2D eigenvalue weighted by Crippen LogP contribution is -2.35. The van der Waals surface area contributed by atoms with Gasteiger partial charge < -0.3 is 15.2 Å². The minimum atomic E-state index is -0.505. The van der Waals surface area contributed by atoms with E-state index in [9.17, 15) is 14.7 Å². The zero-order chi connectivity index (χ0) is 18.6. The van der Waals surface area contributed by atoms with Gasteiger partial charge in [-0.15, -0.1) is 0 Å². The van der Waals surface area contributed by atoms with Crippen molar-refractivity contribution in [2.45, 2.75) is 32.6 Å². The Morgan fingerprint density at radius 3 is 2.69 bits per heavy atom. The van der Waals surface area contributed by atoms with Gasteiger partial charge in [0, 0.05) is 23.6 Å². The third kappa shape index (κ3) is 2.42. The van der Waals surface area contributed by atoms with Crippen molar-refractivity contribution in [1.82, 2.24) is 10.2 Å². The molecule has 0 amide bonds. The predicted octanol–water partition coefficient (Wildman–Crippen LogP) is 2.62. The molecule has 7 nitrogen and oxygen atoms in total. The Balaban J connectivity index is 1.95. The fourth-order valence-electron chi connectivity index (χ4n) is 4.03. The van der Waals surface area contributed by atoms with Gasteiger partial charge in [0.25, 0.3) is 5.56 Å². The van der Waals surface area contributed by atoms with Crippen molar-refractivity contribution < 1.29 is 14.6 Å². The Labute approximate surface area is 150 Å². The number of hydrogen-bond acceptors (Lipinski definition) is 5. The molecule has 4 N–H and O–H groups in total. The van der Waals surface area contributed by atoms with Crippen LogP contribution in [-0.2, 0) is 4.79 Å². The second kappa shape index (κ2) is 5.52. The number of phenolic OH excluding ortho intramolecular Hbond substituents is 1. The number of Topliss-reactive ketones (excluding diaryl/α,β-unsaturated/α-hetero) is 1. The Hall–Kier alpha value is -2.96. The summed E-state index contributed by atoms with van der Waals surface area (Å²) in [7, 11) is 1.47. The number of aromatic nitrogens is 2. The lowest BCUT2D eigenvalue weighted by molar-refractivity contribution is -0.118. The van der Waals surface area contributed by atoms with Crippen LogP contribution >= 0.6 is 0 Å². The second-order valence-electron chi connectivity index (χ2n) is 7.69. The standard InChI is InChI=1S/C19H21N3O4/c1-19(2)7-10-15(12(24)8-19)14(16-17(20-10)21-22-18(16)25)9-4-5-11(23)13(6-9)26-3/h4-6,14,23H,7-8H2,1-3H3,(H3,20,21,22,25)/t14-/m0/s1. The number of carbonyl (C=O) groups is 1. The van der Waals surface area contributed by atoms with E-state index in [0.717, 1.165) is 11.3 Å². The summed E-state index contributed by atoms with van der Waals surface area (Å²) in [6, 6.07) is 4.93. The maximum atomic E-state index is 13.0. The summed E-state index contributed by atoms with van der Waals surface area (Å²) in [6.45, 7) is 4.12. The van der Waals surface area contributed by atoms with E-state index in [1.165, 1.54) is 13.2 Å². The first-order chi connectivity index (χ1) is 12.3. The number of H-pyrrole nitrogens is 2. The van der Waals surface area contributed by atoms with E-state index in [0.29, 0.717) is 35.5 Å². The quantitative estimate of drug-likeness (QED) is 0.662. The van der Waals surface area contributed by atoms with Gasteiger partial charge in [0.05, 0.1) is 12.7 Å². The Kier molecular flexibility index (Phi) is 3.50. The Bertz CT molecular complexity index is 996. The molecule has 2 aliphatic rings. The third-order valence-electron chi connectivity index (χ3n) is 5.13. The summed E-state index contributed by atoms with van der Waals surface area (Å²) in [5.41, 5.74) is 2.25. The number of aromatic amines is 2. The number of hydrogen-bond donors (Lipinski definition) is 4. The van der Waals surface area contributed by atoms with Crippen molar-refractivity contribution in [1.29, 1.82) is 0 Å². The average molecular weight is 355 g/mol. The van der Waals surface area contributed by atoms with E-state index in [1.54, 1.807) is 12.1 Å². The van der Waals surface area contributed by atoms with Crippen molar-refractivity contribution in [3.63, 3.8) is 0 Å². The van der Waals surface area contributed by atoms with Crippen LogP contribution in [0.3, 0.4) is 0 Å². The maximum Gasteiger partial charge on any atom is 0.270 e. The number of methoxy groups -OCH3 is 1. The number of ether oxygens (including phenoxy) is 1. The van der Waals surface area contributed by atoms with E-state index in [1.807, 2.05) is 0 Å². The summed E-state index contributed by atoms with van der Waals surface area (Å²) in [5, 5.41) is 18.6. The molecule has 0 saturated carbocycles. The van der Waals surface area contributed by atoms with Crippen molar-refractivity contribution in [3.8, 4) is 11.5 Å². The summed E-state index contributed by atoms with van der Waals surface area (Å²) in [6.07, 6.45) is 1.14. The van der Waals surface area contributed by atoms with E-state index in [4.69, 9.17) is 4.74 Å². The SMILES string of the molecule is COc1cc([C@H]2C3=C(CC(C)(C)CC3=O)Nc3[nH][nH]c(=O)c32)ccc1O. The van der Waals surface area contributed by atoms with Crippen molar-refractivity contribution in [2.24, 2.45) is 5.41 Å². The minimum Gasteiger partial charge on any atom is -0.504 e. The third-order valence-corrected chi connectivity index (χ3v) is 5.13. The van der Waals surface area contributed by atoms with Crippen LogP contribution in [0.15, 0.2) is 34.3 Å². The number of ketones is 1. The Morgan fingerprint density at radius 2 is 1.96 bits per heavy atom. The molecule has 2 heterocycles. The molecule has 1 aliphatic carbocycles. The van der Waals surface area contributed by atoms with Crippen LogP contribution in [0.5, 0.6) is 11.5 Å². The molecule has 0 radical (unpaired) electrons. The first-order valence-electron chi connectivity index (χ1n) is 8.51. The fraction of sp³-hybridized carbons (Fsp3) is 0.368. The van der Waals surface area contributed by atoms with Crippen molar-refractivity contribution in [2.75, 3.05) is 12.4 Å². The van der Waals surface area contributed by atoms with E-state index in [2.05, 4.69) is 29.4 Å². The molecule has 2 aromatic rings. The highest BCUT2D eigenvalue weighted by molar-refractivity contribution is 6.01. The number of carbonyl (C=O) groups excluding carboxylic acids is 1. The smallest absolute Gasteiger partial charge is 0.270 e. The molecule has 1 aromatic carbocycles. The van der Waals surface area contributed by atoms with Gasteiger partial charge in [0.15, 0.2) is 17.3 Å². The molecular weight excluding hydrogens is 334 g/mol. The van der Waals surface area contributed by atoms with Gasteiger partial charge in [-0.1, -0.05) is 19.9 Å². The summed E-state index contributed by atoms with van der Waals surface area (Å²) in [5.74, 6) is 0.427. The van der Waals surface area contributed by atoms with Crippen LogP contribution in [0, 0.1) is 5.41 Å². The molecule has 26 heavy (non-hydrogen) atoms. The number of anilines is 1. The highest BCUT2D eigenvalue weighted by atomic mass is 16.5. The van der Waals surface area contributed by atoms with Crippen LogP contribution < -0.4 is 15.6 Å². The number of allylic oxidation sites excluding steroid dienone is 2. The first-order valence-corrected chi connectivity index (χ1v) is 8.51. The molecule has 136 valence electrons. The van der Waals surface area contributed by atoms with Gasteiger partial charge in [-0.25, -0.2) is 0 Å².